The monoisotopic (exact) mass is 267 g/mol. The molecule has 0 saturated carbocycles. The first-order valence-electron chi connectivity index (χ1n) is 6.45. The van der Waals surface area contributed by atoms with Crippen LogP contribution < -0.4 is 15.4 Å². The Kier molecular flexibility index (Phi) is 6.12. The first kappa shape index (κ1) is 15.3. The second-order valence-electron chi connectivity index (χ2n) is 4.42. The lowest BCUT2D eigenvalue weighted by molar-refractivity contribution is 0.321. The molecule has 0 saturated heterocycles. The summed E-state index contributed by atoms with van der Waals surface area (Å²) in [7, 11) is 1.70. The van der Waals surface area contributed by atoms with Crippen molar-refractivity contribution in [2.75, 3.05) is 13.7 Å². The molecule has 106 valence electrons. The van der Waals surface area contributed by atoms with Crippen LogP contribution in [0.4, 0.5) is 4.39 Å². The van der Waals surface area contributed by atoms with Crippen LogP contribution in [-0.4, -0.2) is 25.7 Å². The fourth-order valence-corrected chi connectivity index (χ4v) is 1.58. The van der Waals surface area contributed by atoms with Gasteiger partial charge in [0.1, 0.15) is 0 Å². The van der Waals surface area contributed by atoms with E-state index in [4.69, 9.17) is 4.74 Å². The van der Waals surface area contributed by atoms with E-state index in [-0.39, 0.29) is 11.6 Å². The number of aliphatic imine (C=N–C) groups is 1. The number of hydrogen-bond acceptors (Lipinski definition) is 2. The van der Waals surface area contributed by atoms with Gasteiger partial charge in [-0.15, -0.1) is 0 Å². The Morgan fingerprint density at radius 1 is 1.42 bits per heavy atom. The molecule has 0 unspecified atom stereocenters. The van der Waals surface area contributed by atoms with Crippen molar-refractivity contribution >= 4 is 5.96 Å². The SMILES string of the molecule is CCOc1ccc(CNC(=NC)NC(C)C)cc1F. The molecule has 1 rings (SSSR count). The van der Waals surface area contributed by atoms with Crippen molar-refractivity contribution in [1.82, 2.24) is 10.6 Å². The Morgan fingerprint density at radius 3 is 2.68 bits per heavy atom. The smallest absolute Gasteiger partial charge is 0.191 e. The minimum atomic E-state index is -0.340. The molecular weight excluding hydrogens is 245 g/mol. The van der Waals surface area contributed by atoms with Gasteiger partial charge in [0.2, 0.25) is 0 Å². The van der Waals surface area contributed by atoms with Crippen LogP contribution in [0.2, 0.25) is 0 Å². The summed E-state index contributed by atoms with van der Waals surface area (Å²) >= 11 is 0. The summed E-state index contributed by atoms with van der Waals surface area (Å²) in [5.74, 6) is 0.646. The quantitative estimate of drug-likeness (QED) is 0.635. The van der Waals surface area contributed by atoms with Crippen LogP contribution in [-0.2, 0) is 6.54 Å². The van der Waals surface area contributed by atoms with Crippen molar-refractivity contribution in [3.05, 3.63) is 29.6 Å². The Labute approximate surface area is 114 Å². The van der Waals surface area contributed by atoms with Crippen molar-refractivity contribution < 1.29 is 9.13 Å². The molecule has 0 heterocycles. The molecule has 0 spiro atoms. The highest BCUT2D eigenvalue weighted by molar-refractivity contribution is 5.79. The normalized spacial score (nSPS) is 11.6. The third kappa shape index (κ3) is 5.16. The zero-order valence-electron chi connectivity index (χ0n) is 12.0. The maximum Gasteiger partial charge on any atom is 0.191 e. The van der Waals surface area contributed by atoms with E-state index in [1.54, 1.807) is 13.1 Å². The minimum Gasteiger partial charge on any atom is -0.491 e. The molecule has 0 fully saturated rings. The Morgan fingerprint density at radius 2 is 2.16 bits per heavy atom. The number of nitrogens with zero attached hydrogens (tertiary/aromatic N) is 1. The van der Waals surface area contributed by atoms with E-state index in [9.17, 15) is 4.39 Å². The summed E-state index contributed by atoms with van der Waals surface area (Å²) in [6.07, 6.45) is 0. The first-order valence-corrected chi connectivity index (χ1v) is 6.45. The molecule has 19 heavy (non-hydrogen) atoms. The molecule has 0 aliphatic heterocycles. The van der Waals surface area contributed by atoms with Crippen LogP contribution >= 0.6 is 0 Å². The van der Waals surface area contributed by atoms with Crippen molar-refractivity contribution in [2.24, 2.45) is 4.99 Å². The zero-order chi connectivity index (χ0) is 14.3. The van der Waals surface area contributed by atoms with Crippen LogP contribution in [0, 0.1) is 5.82 Å². The summed E-state index contributed by atoms with van der Waals surface area (Å²) in [6.45, 7) is 6.86. The predicted octanol–water partition coefficient (Wildman–Crippen LogP) is 2.30. The van der Waals surface area contributed by atoms with Gasteiger partial charge >= 0.3 is 0 Å². The molecule has 0 aromatic heterocycles. The maximum atomic E-state index is 13.7. The Hall–Kier alpha value is -1.78. The van der Waals surface area contributed by atoms with E-state index >= 15 is 0 Å². The fourth-order valence-electron chi connectivity index (χ4n) is 1.58. The molecule has 0 radical (unpaired) electrons. The molecule has 0 aliphatic rings. The second-order valence-corrected chi connectivity index (χ2v) is 4.42. The topological polar surface area (TPSA) is 45.6 Å². The first-order chi connectivity index (χ1) is 9.06. The lowest BCUT2D eigenvalue weighted by Crippen LogP contribution is -2.40. The lowest BCUT2D eigenvalue weighted by atomic mass is 10.2. The molecular formula is C14H22FN3O. The van der Waals surface area contributed by atoms with Gasteiger partial charge in [0.15, 0.2) is 17.5 Å². The maximum absolute atomic E-state index is 13.7. The molecule has 0 bridgehead atoms. The minimum absolute atomic E-state index is 0.288. The van der Waals surface area contributed by atoms with Gasteiger partial charge in [0, 0.05) is 19.6 Å². The Balaban J connectivity index is 2.60. The van der Waals surface area contributed by atoms with Crippen LogP contribution in [0.3, 0.4) is 0 Å². The highest BCUT2D eigenvalue weighted by atomic mass is 19.1. The molecule has 1 aromatic rings. The highest BCUT2D eigenvalue weighted by Gasteiger charge is 2.05. The number of halogens is 1. The summed E-state index contributed by atoms with van der Waals surface area (Å²) in [4.78, 5) is 4.09. The van der Waals surface area contributed by atoms with Gasteiger partial charge in [0.05, 0.1) is 6.61 Å². The standard InChI is InChI=1S/C14H22FN3O/c1-5-19-13-7-6-11(8-12(13)15)9-17-14(16-4)18-10(2)3/h6-8,10H,5,9H2,1-4H3,(H2,16,17,18). The van der Waals surface area contributed by atoms with Crippen molar-refractivity contribution in [1.29, 1.82) is 0 Å². The van der Waals surface area contributed by atoms with Crippen molar-refractivity contribution in [3.63, 3.8) is 0 Å². The number of rotatable bonds is 5. The summed E-state index contributed by atoms with van der Waals surface area (Å²) in [5, 5.41) is 6.29. The van der Waals surface area contributed by atoms with Crippen LogP contribution in [0.25, 0.3) is 0 Å². The molecule has 1 aromatic carbocycles. The van der Waals surface area contributed by atoms with Gasteiger partial charge in [-0.1, -0.05) is 6.07 Å². The molecule has 5 heteroatoms. The van der Waals surface area contributed by atoms with Gasteiger partial charge < -0.3 is 15.4 Å². The van der Waals surface area contributed by atoms with E-state index in [2.05, 4.69) is 15.6 Å². The molecule has 0 amide bonds. The number of hydrogen-bond donors (Lipinski definition) is 2. The van der Waals surface area contributed by atoms with Crippen LogP contribution in [0.1, 0.15) is 26.3 Å². The lowest BCUT2D eigenvalue weighted by Gasteiger charge is -2.14. The van der Waals surface area contributed by atoms with Gasteiger partial charge in [-0.05, 0) is 38.5 Å². The van der Waals surface area contributed by atoms with Crippen LogP contribution in [0.5, 0.6) is 5.75 Å². The molecule has 0 atom stereocenters. The number of nitrogens with one attached hydrogen (secondary N) is 2. The van der Waals surface area contributed by atoms with Crippen molar-refractivity contribution in [2.45, 2.75) is 33.4 Å². The number of benzene rings is 1. The summed E-state index contributed by atoms with van der Waals surface area (Å²) in [5.41, 5.74) is 0.840. The molecule has 4 nitrogen and oxygen atoms in total. The Bertz CT molecular complexity index is 433. The van der Waals surface area contributed by atoms with Gasteiger partial charge in [-0.25, -0.2) is 4.39 Å². The highest BCUT2D eigenvalue weighted by Crippen LogP contribution is 2.18. The van der Waals surface area contributed by atoms with E-state index in [0.29, 0.717) is 25.2 Å². The largest absolute Gasteiger partial charge is 0.491 e. The van der Waals surface area contributed by atoms with Crippen LogP contribution in [0.15, 0.2) is 23.2 Å². The molecule has 2 N–H and O–H groups in total. The second kappa shape index (κ2) is 7.61. The zero-order valence-corrected chi connectivity index (χ0v) is 12.0. The summed E-state index contributed by atoms with van der Waals surface area (Å²) in [6, 6.07) is 5.25. The van der Waals surface area contributed by atoms with E-state index in [1.165, 1.54) is 6.07 Å². The van der Waals surface area contributed by atoms with E-state index in [1.807, 2.05) is 26.8 Å². The van der Waals surface area contributed by atoms with Crippen molar-refractivity contribution in [3.8, 4) is 5.75 Å². The summed E-state index contributed by atoms with van der Waals surface area (Å²) < 4.78 is 18.8. The average molecular weight is 267 g/mol. The average Bonchev–Trinajstić information content (AvgIpc) is 2.37. The number of ether oxygens (including phenoxy) is 1. The van der Waals surface area contributed by atoms with Gasteiger partial charge in [-0.2, -0.15) is 0 Å². The van der Waals surface area contributed by atoms with Gasteiger partial charge in [-0.3, -0.25) is 4.99 Å². The molecule has 0 aliphatic carbocycles. The number of guanidine groups is 1. The van der Waals surface area contributed by atoms with E-state index in [0.717, 1.165) is 5.56 Å². The third-order valence-corrected chi connectivity index (χ3v) is 2.41. The van der Waals surface area contributed by atoms with E-state index < -0.39 is 0 Å². The predicted molar refractivity (Wildman–Crippen MR) is 76.0 cm³/mol. The third-order valence-electron chi connectivity index (χ3n) is 2.41. The fraction of sp³-hybridized carbons (Fsp3) is 0.500. The van der Waals surface area contributed by atoms with Gasteiger partial charge in [0.25, 0.3) is 0 Å².